The molecule has 2 fully saturated rings. The van der Waals surface area contributed by atoms with E-state index < -0.39 is 0 Å². The van der Waals surface area contributed by atoms with Crippen molar-refractivity contribution >= 4 is 12.6 Å². The first kappa shape index (κ1) is 15.1. The topological polar surface area (TPSA) is 36.3 Å². The molecule has 2 heterocycles. The molecule has 0 bridgehead atoms. The fourth-order valence-electron chi connectivity index (χ4n) is 3.48. The van der Waals surface area contributed by atoms with Gasteiger partial charge in [-0.3, -0.25) is 4.68 Å². The molecule has 3 rings (SSSR count). The smallest absolute Gasteiger partial charge is 0.399 e. The molecule has 2 aliphatic rings. The number of nitrogens with zero attached hydrogens (tertiary/aromatic N) is 2. The lowest BCUT2D eigenvalue weighted by molar-refractivity contribution is 0.00578. The minimum Gasteiger partial charge on any atom is -0.399 e. The molecule has 116 valence electrons. The summed E-state index contributed by atoms with van der Waals surface area (Å²) in [4.78, 5) is 0. The molecule has 1 aromatic heterocycles. The van der Waals surface area contributed by atoms with Crippen molar-refractivity contribution in [2.24, 2.45) is 5.92 Å². The van der Waals surface area contributed by atoms with Crippen molar-refractivity contribution in [2.75, 3.05) is 0 Å². The molecule has 1 saturated heterocycles. The van der Waals surface area contributed by atoms with Crippen LogP contribution in [-0.4, -0.2) is 28.1 Å². The van der Waals surface area contributed by atoms with Crippen LogP contribution in [0.5, 0.6) is 0 Å². The Morgan fingerprint density at radius 1 is 1.24 bits per heavy atom. The minimum absolute atomic E-state index is 0.293. The lowest BCUT2D eigenvalue weighted by Crippen LogP contribution is -2.41. The highest BCUT2D eigenvalue weighted by Gasteiger charge is 2.52. The molecular formula is C16H27BN2O2. The molecule has 2 atom stereocenters. The molecule has 0 radical (unpaired) electrons. The van der Waals surface area contributed by atoms with Crippen LogP contribution in [0.2, 0.25) is 0 Å². The van der Waals surface area contributed by atoms with Crippen LogP contribution >= 0.6 is 0 Å². The van der Waals surface area contributed by atoms with E-state index in [0.717, 1.165) is 11.4 Å². The van der Waals surface area contributed by atoms with Gasteiger partial charge >= 0.3 is 7.12 Å². The molecule has 0 amide bonds. The molecule has 0 aromatic carbocycles. The van der Waals surface area contributed by atoms with Crippen LogP contribution in [0.15, 0.2) is 12.4 Å². The van der Waals surface area contributed by atoms with Gasteiger partial charge in [0.25, 0.3) is 0 Å². The molecule has 0 N–H and O–H groups in total. The maximum atomic E-state index is 6.10. The van der Waals surface area contributed by atoms with Crippen LogP contribution in [0, 0.1) is 5.92 Å². The highest BCUT2D eigenvalue weighted by atomic mass is 16.7. The first-order chi connectivity index (χ1) is 9.84. The van der Waals surface area contributed by atoms with E-state index in [-0.39, 0.29) is 18.3 Å². The van der Waals surface area contributed by atoms with Crippen molar-refractivity contribution in [3.63, 3.8) is 0 Å². The summed E-state index contributed by atoms with van der Waals surface area (Å²) in [6.45, 7) is 10.6. The second-order valence-electron chi connectivity index (χ2n) is 7.51. The number of hydrogen-bond donors (Lipinski definition) is 0. The van der Waals surface area contributed by atoms with Gasteiger partial charge in [-0.15, -0.1) is 0 Å². The van der Waals surface area contributed by atoms with E-state index in [1.165, 1.54) is 25.7 Å². The third-order valence-electron chi connectivity index (χ3n) is 5.63. The summed E-state index contributed by atoms with van der Waals surface area (Å²) < 4.78 is 14.3. The van der Waals surface area contributed by atoms with Crippen molar-refractivity contribution in [3.8, 4) is 0 Å². The van der Waals surface area contributed by atoms with E-state index in [1.54, 1.807) is 0 Å². The van der Waals surface area contributed by atoms with Gasteiger partial charge < -0.3 is 9.31 Å². The van der Waals surface area contributed by atoms with E-state index in [4.69, 9.17) is 9.31 Å². The van der Waals surface area contributed by atoms with Crippen LogP contribution in [-0.2, 0) is 9.31 Å². The fourth-order valence-corrected chi connectivity index (χ4v) is 3.48. The van der Waals surface area contributed by atoms with Crippen molar-refractivity contribution in [3.05, 3.63) is 12.4 Å². The van der Waals surface area contributed by atoms with Gasteiger partial charge in [-0.05, 0) is 46.5 Å². The Hall–Kier alpha value is -0.805. The summed E-state index contributed by atoms with van der Waals surface area (Å²) in [6, 6.07) is 0.547. The zero-order chi connectivity index (χ0) is 15.3. The maximum Gasteiger partial charge on any atom is 0.498 e. The maximum absolute atomic E-state index is 6.10. The standard InChI is InChI=1S/C16H27BN2O2/c1-6-12-8-7-9-14(12)19-11-13(10-18-19)17-20-15(2,3)16(4,5)21-17/h10-12,14H,6-9H2,1-5H3/t12-,14-/m0/s1. The van der Waals surface area contributed by atoms with Gasteiger partial charge in [-0.2, -0.15) is 5.10 Å². The van der Waals surface area contributed by atoms with E-state index >= 15 is 0 Å². The van der Waals surface area contributed by atoms with Gasteiger partial charge in [0.2, 0.25) is 0 Å². The van der Waals surface area contributed by atoms with Crippen molar-refractivity contribution in [2.45, 2.75) is 77.5 Å². The predicted octanol–water partition coefficient (Wildman–Crippen LogP) is 2.93. The summed E-state index contributed by atoms with van der Waals surface area (Å²) in [5, 5.41) is 4.59. The van der Waals surface area contributed by atoms with E-state index in [9.17, 15) is 0 Å². The minimum atomic E-state index is -0.301. The van der Waals surface area contributed by atoms with Crippen LogP contribution < -0.4 is 5.46 Å². The van der Waals surface area contributed by atoms with Gasteiger partial charge in [0.1, 0.15) is 0 Å². The van der Waals surface area contributed by atoms with Crippen molar-refractivity contribution in [1.82, 2.24) is 9.78 Å². The largest absolute Gasteiger partial charge is 0.498 e. The molecule has 5 heteroatoms. The lowest BCUT2D eigenvalue weighted by Gasteiger charge is -2.32. The summed E-state index contributed by atoms with van der Waals surface area (Å²) in [7, 11) is -0.301. The Kier molecular flexibility index (Phi) is 3.69. The second kappa shape index (κ2) is 5.13. The molecule has 4 nitrogen and oxygen atoms in total. The first-order valence-corrected chi connectivity index (χ1v) is 8.24. The van der Waals surface area contributed by atoms with Gasteiger partial charge in [0.05, 0.1) is 17.2 Å². The van der Waals surface area contributed by atoms with E-state index in [1.807, 2.05) is 6.20 Å². The van der Waals surface area contributed by atoms with Crippen LogP contribution in [0.1, 0.15) is 66.3 Å². The summed E-state index contributed by atoms with van der Waals surface area (Å²) in [5.74, 6) is 0.760. The Morgan fingerprint density at radius 3 is 2.52 bits per heavy atom. The molecule has 1 aromatic rings. The molecule has 1 aliphatic heterocycles. The quantitative estimate of drug-likeness (QED) is 0.803. The third-order valence-corrected chi connectivity index (χ3v) is 5.63. The normalized spacial score (nSPS) is 31.0. The van der Waals surface area contributed by atoms with E-state index in [2.05, 4.69) is 50.6 Å². The van der Waals surface area contributed by atoms with Crippen LogP contribution in [0.3, 0.4) is 0 Å². The van der Waals surface area contributed by atoms with Crippen molar-refractivity contribution < 1.29 is 9.31 Å². The van der Waals surface area contributed by atoms with Gasteiger partial charge in [-0.25, -0.2) is 0 Å². The monoisotopic (exact) mass is 290 g/mol. The Morgan fingerprint density at radius 2 is 1.90 bits per heavy atom. The SMILES string of the molecule is CC[C@H]1CCC[C@@H]1n1cc(B2OC(C)(C)C(C)(C)O2)cn1. The zero-order valence-corrected chi connectivity index (χ0v) is 13.9. The third kappa shape index (κ3) is 2.55. The van der Waals surface area contributed by atoms with Gasteiger partial charge in [0.15, 0.2) is 0 Å². The highest BCUT2D eigenvalue weighted by molar-refractivity contribution is 6.61. The van der Waals surface area contributed by atoms with Gasteiger partial charge in [0, 0.05) is 17.9 Å². The second-order valence-corrected chi connectivity index (χ2v) is 7.51. The molecule has 0 spiro atoms. The first-order valence-electron chi connectivity index (χ1n) is 8.24. The molecule has 0 unspecified atom stereocenters. The molecular weight excluding hydrogens is 263 g/mol. The number of hydrogen-bond acceptors (Lipinski definition) is 3. The Labute approximate surface area is 128 Å². The average Bonchev–Trinajstić information content (AvgIpc) is 3.08. The lowest BCUT2D eigenvalue weighted by atomic mass is 9.82. The van der Waals surface area contributed by atoms with Crippen LogP contribution in [0.25, 0.3) is 0 Å². The predicted molar refractivity (Wildman–Crippen MR) is 84.6 cm³/mol. The number of rotatable bonds is 3. The summed E-state index contributed by atoms with van der Waals surface area (Å²) in [5.41, 5.74) is 0.452. The molecule has 1 aliphatic carbocycles. The average molecular weight is 290 g/mol. The number of aromatic nitrogens is 2. The Bertz CT molecular complexity index is 496. The van der Waals surface area contributed by atoms with E-state index in [0.29, 0.717) is 6.04 Å². The van der Waals surface area contributed by atoms with Gasteiger partial charge in [-0.1, -0.05) is 19.8 Å². The summed E-state index contributed by atoms with van der Waals surface area (Å²) in [6.07, 6.45) is 9.15. The van der Waals surface area contributed by atoms with Crippen LogP contribution in [0.4, 0.5) is 0 Å². The Balaban J connectivity index is 1.77. The molecule has 21 heavy (non-hydrogen) atoms. The molecule has 1 saturated carbocycles. The fraction of sp³-hybridized carbons (Fsp3) is 0.812. The zero-order valence-electron chi connectivity index (χ0n) is 13.9. The summed E-state index contributed by atoms with van der Waals surface area (Å²) >= 11 is 0. The van der Waals surface area contributed by atoms with Crippen molar-refractivity contribution in [1.29, 1.82) is 0 Å². The highest BCUT2D eigenvalue weighted by Crippen LogP contribution is 2.38.